The maximum absolute atomic E-state index is 9.33. The van der Waals surface area contributed by atoms with Crippen molar-refractivity contribution in [2.24, 2.45) is 0 Å². The summed E-state index contributed by atoms with van der Waals surface area (Å²) < 4.78 is 5.71. The van der Waals surface area contributed by atoms with Crippen LogP contribution in [0, 0.1) is 0 Å². The molecule has 1 aromatic rings. The zero-order valence-electron chi connectivity index (χ0n) is 11.3. The second-order valence-electron chi connectivity index (χ2n) is 4.99. The predicted molar refractivity (Wildman–Crippen MR) is 72.7 cm³/mol. The van der Waals surface area contributed by atoms with Crippen LogP contribution in [0.15, 0.2) is 24.3 Å². The highest BCUT2D eigenvalue weighted by molar-refractivity contribution is 5.27. The molecule has 1 heterocycles. The fourth-order valence-electron chi connectivity index (χ4n) is 2.57. The second-order valence-corrected chi connectivity index (χ2v) is 4.99. The van der Waals surface area contributed by atoms with Gasteiger partial charge in [-0.3, -0.25) is 4.90 Å². The topological polar surface area (TPSA) is 32.7 Å². The van der Waals surface area contributed by atoms with Crippen LogP contribution >= 0.6 is 0 Å². The van der Waals surface area contributed by atoms with Gasteiger partial charge in [-0.15, -0.1) is 0 Å². The molecule has 18 heavy (non-hydrogen) atoms. The minimum atomic E-state index is 0.327. The molecule has 2 atom stereocenters. The summed E-state index contributed by atoms with van der Waals surface area (Å²) in [6.45, 7) is 7.33. The molecule has 100 valence electrons. The Bertz CT molecular complexity index is 357. The van der Waals surface area contributed by atoms with Crippen molar-refractivity contribution in [3.63, 3.8) is 0 Å². The molecule has 3 heteroatoms. The number of likely N-dealkylation sites (N-methyl/N-ethyl adjacent to an activating group) is 1. The van der Waals surface area contributed by atoms with E-state index in [1.54, 1.807) is 12.1 Å². The van der Waals surface area contributed by atoms with Crippen LogP contribution in [0.3, 0.4) is 0 Å². The standard InChI is InChI=1S/C15H23NO2/c1-3-16(11-15-5-4-10-18-15)12(2)13-6-8-14(17)9-7-13/h6-9,12,15,17H,3-5,10-11H2,1-2H3. The maximum atomic E-state index is 9.33. The summed E-state index contributed by atoms with van der Waals surface area (Å²) >= 11 is 0. The molecule has 1 N–H and O–H groups in total. The van der Waals surface area contributed by atoms with Crippen molar-refractivity contribution in [3.05, 3.63) is 29.8 Å². The summed E-state index contributed by atoms with van der Waals surface area (Å²) in [6, 6.07) is 7.87. The van der Waals surface area contributed by atoms with E-state index in [1.165, 1.54) is 18.4 Å². The first kappa shape index (κ1) is 13.4. The van der Waals surface area contributed by atoms with Gasteiger partial charge in [-0.25, -0.2) is 0 Å². The lowest BCUT2D eigenvalue weighted by atomic mass is 10.1. The van der Waals surface area contributed by atoms with Crippen LogP contribution in [0.5, 0.6) is 5.75 Å². The molecule has 0 saturated carbocycles. The number of benzene rings is 1. The Morgan fingerprint density at radius 3 is 2.67 bits per heavy atom. The van der Waals surface area contributed by atoms with E-state index in [4.69, 9.17) is 4.74 Å². The summed E-state index contributed by atoms with van der Waals surface area (Å²) in [4.78, 5) is 2.43. The lowest BCUT2D eigenvalue weighted by molar-refractivity contribution is 0.0618. The Kier molecular flexibility index (Phi) is 4.61. The number of aromatic hydroxyl groups is 1. The van der Waals surface area contributed by atoms with Crippen LogP contribution in [0.2, 0.25) is 0 Å². The highest BCUT2D eigenvalue weighted by atomic mass is 16.5. The average molecular weight is 249 g/mol. The average Bonchev–Trinajstić information content (AvgIpc) is 2.89. The van der Waals surface area contributed by atoms with Crippen LogP contribution in [0.25, 0.3) is 0 Å². The van der Waals surface area contributed by atoms with E-state index in [9.17, 15) is 5.11 Å². The van der Waals surface area contributed by atoms with Gasteiger partial charge in [0.25, 0.3) is 0 Å². The molecule has 1 saturated heterocycles. The van der Waals surface area contributed by atoms with E-state index in [-0.39, 0.29) is 0 Å². The smallest absolute Gasteiger partial charge is 0.115 e. The Morgan fingerprint density at radius 1 is 1.39 bits per heavy atom. The van der Waals surface area contributed by atoms with E-state index >= 15 is 0 Å². The van der Waals surface area contributed by atoms with Crippen LogP contribution in [0.1, 0.15) is 38.3 Å². The molecule has 1 fully saturated rings. The van der Waals surface area contributed by atoms with E-state index in [0.29, 0.717) is 17.9 Å². The van der Waals surface area contributed by atoms with Gasteiger partial charge in [0.05, 0.1) is 6.10 Å². The number of hydrogen-bond acceptors (Lipinski definition) is 3. The third-order valence-electron chi connectivity index (χ3n) is 3.79. The minimum Gasteiger partial charge on any atom is -0.508 e. The van der Waals surface area contributed by atoms with E-state index < -0.39 is 0 Å². The van der Waals surface area contributed by atoms with Gasteiger partial charge in [0.1, 0.15) is 5.75 Å². The number of phenols is 1. The Labute approximate surface area is 109 Å². The third kappa shape index (κ3) is 3.24. The molecule has 1 aliphatic rings. The molecule has 3 nitrogen and oxygen atoms in total. The predicted octanol–water partition coefficient (Wildman–Crippen LogP) is 2.95. The molecule has 0 spiro atoms. The summed E-state index contributed by atoms with van der Waals surface area (Å²) in [7, 11) is 0. The van der Waals surface area contributed by atoms with Crippen molar-refractivity contribution in [2.45, 2.75) is 38.8 Å². The highest BCUT2D eigenvalue weighted by Crippen LogP contribution is 2.24. The zero-order chi connectivity index (χ0) is 13.0. The largest absolute Gasteiger partial charge is 0.508 e. The molecule has 0 aromatic heterocycles. The monoisotopic (exact) mass is 249 g/mol. The molecule has 2 unspecified atom stereocenters. The maximum Gasteiger partial charge on any atom is 0.115 e. The second kappa shape index (κ2) is 6.21. The molecule has 0 bridgehead atoms. The number of nitrogens with zero attached hydrogens (tertiary/aromatic N) is 1. The van der Waals surface area contributed by atoms with Gasteiger partial charge in [-0.05, 0) is 44.0 Å². The fourth-order valence-corrected chi connectivity index (χ4v) is 2.57. The number of ether oxygens (including phenoxy) is 1. The molecule has 2 rings (SSSR count). The van der Waals surface area contributed by atoms with E-state index in [1.807, 2.05) is 12.1 Å². The molecule has 1 aliphatic heterocycles. The molecule has 0 aliphatic carbocycles. The van der Waals surface area contributed by atoms with Gasteiger partial charge < -0.3 is 9.84 Å². The van der Waals surface area contributed by atoms with Crippen LogP contribution < -0.4 is 0 Å². The van der Waals surface area contributed by atoms with E-state index in [2.05, 4.69) is 18.7 Å². The lowest BCUT2D eigenvalue weighted by Gasteiger charge is -2.30. The van der Waals surface area contributed by atoms with Gasteiger partial charge in [0.2, 0.25) is 0 Å². The Morgan fingerprint density at radius 2 is 2.11 bits per heavy atom. The van der Waals surface area contributed by atoms with Gasteiger partial charge in [0, 0.05) is 19.2 Å². The zero-order valence-corrected chi connectivity index (χ0v) is 11.3. The molecule has 1 aromatic carbocycles. The molecular formula is C15H23NO2. The van der Waals surface area contributed by atoms with Gasteiger partial charge in [0.15, 0.2) is 0 Å². The van der Waals surface area contributed by atoms with Crippen LogP contribution in [-0.4, -0.2) is 35.8 Å². The van der Waals surface area contributed by atoms with Crippen molar-refractivity contribution in [1.82, 2.24) is 4.90 Å². The lowest BCUT2D eigenvalue weighted by Crippen LogP contribution is -2.34. The summed E-state index contributed by atoms with van der Waals surface area (Å²) in [6.07, 6.45) is 2.76. The van der Waals surface area contributed by atoms with Crippen molar-refractivity contribution < 1.29 is 9.84 Å². The molecule has 0 radical (unpaired) electrons. The van der Waals surface area contributed by atoms with Gasteiger partial charge >= 0.3 is 0 Å². The Hall–Kier alpha value is -1.06. The molecule has 0 amide bonds. The first-order chi connectivity index (χ1) is 8.70. The fraction of sp³-hybridized carbons (Fsp3) is 0.600. The normalized spacial score (nSPS) is 21.4. The van der Waals surface area contributed by atoms with Crippen LogP contribution in [0.4, 0.5) is 0 Å². The van der Waals surface area contributed by atoms with E-state index in [0.717, 1.165) is 19.7 Å². The first-order valence-electron chi connectivity index (χ1n) is 6.85. The quantitative estimate of drug-likeness (QED) is 0.871. The first-order valence-corrected chi connectivity index (χ1v) is 6.85. The number of hydrogen-bond donors (Lipinski definition) is 1. The van der Waals surface area contributed by atoms with Crippen molar-refractivity contribution in [3.8, 4) is 5.75 Å². The highest BCUT2D eigenvalue weighted by Gasteiger charge is 2.22. The van der Waals surface area contributed by atoms with Gasteiger partial charge in [-0.1, -0.05) is 19.1 Å². The summed E-state index contributed by atoms with van der Waals surface area (Å²) in [5.74, 6) is 0.327. The SMILES string of the molecule is CCN(CC1CCCO1)C(C)c1ccc(O)cc1. The third-order valence-corrected chi connectivity index (χ3v) is 3.79. The van der Waals surface area contributed by atoms with Crippen molar-refractivity contribution in [1.29, 1.82) is 0 Å². The Balaban J connectivity index is 1.99. The minimum absolute atomic E-state index is 0.327. The van der Waals surface area contributed by atoms with Crippen molar-refractivity contribution in [2.75, 3.05) is 19.7 Å². The summed E-state index contributed by atoms with van der Waals surface area (Å²) in [5.41, 5.74) is 1.24. The number of rotatable bonds is 5. The van der Waals surface area contributed by atoms with Gasteiger partial charge in [-0.2, -0.15) is 0 Å². The number of phenolic OH excluding ortho intramolecular Hbond substituents is 1. The van der Waals surface area contributed by atoms with Crippen molar-refractivity contribution >= 4 is 0 Å². The summed E-state index contributed by atoms with van der Waals surface area (Å²) in [5, 5.41) is 9.33. The molecular weight excluding hydrogens is 226 g/mol. The van der Waals surface area contributed by atoms with Crippen LogP contribution in [-0.2, 0) is 4.74 Å².